The van der Waals surface area contributed by atoms with Gasteiger partial charge < -0.3 is 20.1 Å². The van der Waals surface area contributed by atoms with Gasteiger partial charge in [-0.1, -0.05) is 54.9 Å². The molecule has 3 rings (SSSR count). The van der Waals surface area contributed by atoms with Gasteiger partial charge in [0.25, 0.3) is 0 Å². The van der Waals surface area contributed by atoms with Gasteiger partial charge in [0.05, 0.1) is 17.1 Å². The fraction of sp³-hybridized carbons (Fsp3) is 0.0625. The lowest BCUT2D eigenvalue weighted by Gasteiger charge is -2.28. The van der Waals surface area contributed by atoms with Crippen LogP contribution in [0.5, 0.6) is 0 Å². The molecule has 23 heavy (non-hydrogen) atoms. The van der Waals surface area contributed by atoms with Crippen molar-refractivity contribution >= 4 is 36.7 Å². The number of H-pyrrole nitrogens is 3. The fourth-order valence-corrected chi connectivity index (χ4v) is 2.98. The van der Waals surface area contributed by atoms with Crippen molar-refractivity contribution in [1.82, 2.24) is 15.0 Å². The minimum Gasteiger partial charge on any atom is -0.372 e. The van der Waals surface area contributed by atoms with Crippen molar-refractivity contribution in [3.05, 3.63) is 85.6 Å². The second-order valence-corrected chi connectivity index (χ2v) is 6.32. The van der Waals surface area contributed by atoms with Crippen LogP contribution in [-0.4, -0.2) is 20.1 Å². The van der Waals surface area contributed by atoms with Crippen molar-refractivity contribution in [3.63, 3.8) is 0 Å². The summed E-state index contributed by atoms with van der Waals surface area (Å²) in [6, 6.07) is 15.9. The molecule has 0 atom stereocenters. The molecule has 0 aliphatic carbocycles. The van der Waals surface area contributed by atoms with Crippen molar-refractivity contribution in [3.8, 4) is 0 Å². The Hall–Kier alpha value is -1.93. The third kappa shape index (κ3) is 3.09. The lowest BCUT2D eigenvalue weighted by atomic mass is 9.90. The van der Waals surface area contributed by atoms with Crippen LogP contribution in [0, 0.1) is 13.9 Å². The highest BCUT2D eigenvalue weighted by Gasteiger charge is 2.36. The maximum Gasteiger partial charge on any atom is 0.184 e. The highest BCUT2D eigenvalue weighted by molar-refractivity contribution is 7.71. The molecule has 4 N–H and O–H groups in total. The zero-order valence-corrected chi connectivity index (χ0v) is 14.3. The summed E-state index contributed by atoms with van der Waals surface area (Å²) in [4.78, 5) is 9.12. The Morgan fingerprint density at radius 2 is 0.913 bits per heavy atom. The van der Waals surface area contributed by atoms with Crippen molar-refractivity contribution in [2.75, 3.05) is 0 Å². The maximum absolute atomic E-state index is 11.6. The van der Waals surface area contributed by atoms with Gasteiger partial charge in [-0.15, -0.1) is 0 Å². The molecule has 0 aromatic carbocycles. The second kappa shape index (κ2) is 6.29. The normalized spacial score (nSPS) is 11.3. The Bertz CT molecular complexity index is 889. The van der Waals surface area contributed by atoms with Crippen LogP contribution in [-0.2, 0) is 5.60 Å². The van der Waals surface area contributed by atoms with Crippen LogP contribution >= 0.6 is 36.7 Å². The largest absolute Gasteiger partial charge is 0.372 e. The van der Waals surface area contributed by atoms with Gasteiger partial charge in [0.1, 0.15) is 13.9 Å². The summed E-state index contributed by atoms with van der Waals surface area (Å²) in [6.07, 6.45) is 0. The van der Waals surface area contributed by atoms with E-state index in [1.807, 2.05) is 0 Å². The molecular weight excluding hydrogens is 346 g/mol. The van der Waals surface area contributed by atoms with Crippen LogP contribution in [0.2, 0.25) is 0 Å². The lowest BCUT2D eigenvalue weighted by Crippen LogP contribution is -2.32. The Morgan fingerprint density at radius 1 is 0.609 bits per heavy atom. The van der Waals surface area contributed by atoms with E-state index in [1.165, 1.54) is 0 Å². The van der Waals surface area contributed by atoms with Gasteiger partial charge in [-0.2, -0.15) is 0 Å². The number of aromatic nitrogens is 3. The van der Waals surface area contributed by atoms with E-state index in [0.717, 1.165) is 0 Å². The van der Waals surface area contributed by atoms with E-state index >= 15 is 0 Å². The predicted molar refractivity (Wildman–Crippen MR) is 97.0 cm³/mol. The average Bonchev–Trinajstić information content (AvgIpc) is 2.54. The molecule has 0 fully saturated rings. The SMILES string of the molecule is OC(c1cccc(=S)[nH]1)(c1cccc(=S)[nH]1)c1cccc(=S)[nH]1. The third-order valence-corrected chi connectivity index (χ3v) is 4.19. The number of aliphatic hydroxyl groups is 1. The zero-order chi connectivity index (χ0) is 16.4. The molecule has 0 radical (unpaired) electrons. The van der Waals surface area contributed by atoms with E-state index in [2.05, 4.69) is 15.0 Å². The topological polar surface area (TPSA) is 67.6 Å². The molecule has 3 aromatic heterocycles. The van der Waals surface area contributed by atoms with E-state index in [1.54, 1.807) is 54.6 Å². The molecule has 3 heterocycles. The summed E-state index contributed by atoms with van der Waals surface area (Å²) >= 11 is 15.6. The Kier molecular flexibility index (Phi) is 4.36. The molecule has 0 spiro atoms. The summed E-state index contributed by atoms with van der Waals surface area (Å²) in [5, 5.41) is 11.6. The molecule has 0 aliphatic rings. The molecule has 3 aromatic rings. The first-order chi connectivity index (χ1) is 11.0. The summed E-state index contributed by atoms with van der Waals surface area (Å²) in [5.74, 6) is 0. The van der Waals surface area contributed by atoms with Crippen LogP contribution in [0.4, 0.5) is 0 Å². The second-order valence-electron chi connectivity index (χ2n) is 5.00. The van der Waals surface area contributed by atoms with Gasteiger partial charge in [0.2, 0.25) is 0 Å². The van der Waals surface area contributed by atoms with Gasteiger partial charge in [-0.3, -0.25) is 0 Å². The number of rotatable bonds is 3. The van der Waals surface area contributed by atoms with E-state index in [0.29, 0.717) is 31.0 Å². The van der Waals surface area contributed by atoms with Crippen LogP contribution in [0.15, 0.2) is 54.6 Å². The molecule has 0 amide bonds. The predicted octanol–water partition coefficient (Wildman–Crippen LogP) is 4.14. The maximum atomic E-state index is 11.6. The van der Waals surface area contributed by atoms with Crippen LogP contribution in [0.25, 0.3) is 0 Å². The van der Waals surface area contributed by atoms with E-state index in [9.17, 15) is 5.11 Å². The van der Waals surface area contributed by atoms with Gasteiger partial charge >= 0.3 is 0 Å². The fourth-order valence-electron chi connectivity index (χ4n) is 2.41. The molecule has 0 aliphatic heterocycles. The van der Waals surface area contributed by atoms with Crippen molar-refractivity contribution in [1.29, 1.82) is 0 Å². The molecular formula is C16H13N3OS3. The van der Waals surface area contributed by atoms with Crippen LogP contribution < -0.4 is 0 Å². The molecule has 4 nitrogen and oxygen atoms in total. The summed E-state index contributed by atoms with van der Waals surface area (Å²) in [6.45, 7) is 0. The first-order valence-corrected chi connectivity index (χ1v) is 8.04. The van der Waals surface area contributed by atoms with Crippen LogP contribution in [0.1, 0.15) is 17.1 Å². The molecule has 0 saturated heterocycles. The standard InChI is InChI=1S/C16H13N3OS3/c20-16(10-4-1-7-13(21)17-10,11-5-2-8-14(22)18-11)12-6-3-9-15(23)19-12/h1-9,20H,(H,17,21)(H,18,22)(H,19,23). The summed E-state index contributed by atoms with van der Waals surface area (Å²) in [5.41, 5.74) is 0.0226. The minimum absolute atomic E-state index is 0.513. The number of aromatic amines is 3. The van der Waals surface area contributed by atoms with Crippen molar-refractivity contribution in [2.45, 2.75) is 5.60 Å². The summed E-state index contributed by atoms with van der Waals surface area (Å²) in [7, 11) is 0. The first kappa shape index (κ1) is 15.9. The number of hydrogen-bond acceptors (Lipinski definition) is 4. The average molecular weight is 360 g/mol. The molecule has 116 valence electrons. The Labute approximate surface area is 147 Å². The van der Waals surface area contributed by atoms with E-state index in [4.69, 9.17) is 36.7 Å². The lowest BCUT2D eigenvalue weighted by molar-refractivity contribution is 0.111. The van der Waals surface area contributed by atoms with Gasteiger partial charge in [0, 0.05) is 0 Å². The van der Waals surface area contributed by atoms with Crippen molar-refractivity contribution < 1.29 is 5.11 Å². The number of pyridine rings is 3. The monoisotopic (exact) mass is 359 g/mol. The Balaban J connectivity index is 2.36. The highest BCUT2D eigenvalue weighted by atomic mass is 32.1. The molecule has 7 heteroatoms. The Morgan fingerprint density at radius 3 is 1.17 bits per heavy atom. The van der Waals surface area contributed by atoms with Gasteiger partial charge in [-0.25, -0.2) is 0 Å². The van der Waals surface area contributed by atoms with Crippen molar-refractivity contribution in [2.24, 2.45) is 0 Å². The summed E-state index contributed by atoms with van der Waals surface area (Å²) < 4.78 is 1.56. The molecule has 0 saturated carbocycles. The van der Waals surface area contributed by atoms with E-state index < -0.39 is 5.60 Å². The van der Waals surface area contributed by atoms with Crippen LogP contribution in [0.3, 0.4) is 0 Å². The quantitative estimate of drug-likeness (QED) is 0.531. The van der Waals surface area contributed by atoms with E-state index in [-0.39, 0.29) is 0 Å². The number of hydrogen-bond donors (Lipinski definition) is 4. The minimum atomic E-state index is -1.52. The third-order valence-electron chi connectivity index (χ3n) is 3.47. The highest BCUT2D eigenvalue weighted by Crippen LogP contribution is 2.33. The number of nitrogens with one attached hydrogen (secondary N) is 3. The van der Waals surface area contributed by atoms with Gasteiger partial charge in [-0.05, 0) is 36.4 Å². The molecule has 0 bridgehead atoms. The molecule has 0 unspecified atom stereocenters. The first-order valence-electron chi connectivity index (χ1n) is 6.82. The zero-order valence-electron chi connectivity index (χ0n) is 11.9. The van der Waals surface area contributed by atoms with Gasteiger partial charge in [0.15, 0.2) is 5.60 Å². The smallest absolute Gasteiger partial charge is 0.184 e.